The Kier molecular flexibility index (Phi) is 5.45. The molecule has 8 nitrogen and oxygen atoms in total. The van der Waals surface area contributed by atoms with Crippen molar-refractivity contribution in [2.75, 3.05) is 16.0 Å². The van der Waals surface area contributed by atoms with E-state index in [1.165, 1.54) is 11.8 Å². The molecular weight excluding hydrogens is 414 g/mol. The zero-order valence-corrected chi connectivity index (χ0v) is 18.4. The van der Waals surface area contributed by atoms with Crippen LogP contribution in [0.5, 0.6) is 0 Å². The summed E-state index contributed by atoms with van der Waals surface area (Å²) in [6.45, 7) is 9.64. The van der Waals surface area contributed by atoms with E-state index < -0.39 is 5.54 Å². The molecule has 0 unspecified atom stereocenters. The van der Waals surface area contributed by atoms with Crippen molar-refractivity contribution in [3.05, 3.63) is 55.0 Å². The molecular formula is C22H23N5O3S. The summed E-state index contributed by atoms with van der Waals surface area (Å²) in [5.74, 6) is 1.08. The maximum atomic E-state index is 13.3. The number of aryl methyl sites for hydroxylation is 1. The monoisotopic (exact) mass is 437 g/mol. The Morgan fingerprint density at radius 2 is 2.06 bits per heavy atom. The fourth-order valence-corrected chi connectivity index (χ4v) is 4.39. The van der Waals surface area contributed by atoms with Gasteiger partial charge in [-0.1, -0.05) is 30.0 Å². The van der Waals surface area contributed by atoms with Crippen LogP contribution >= 0.6 is 11.8 Å². The van der Waals surface area contributed by atoms with Crippen LogP contribution in [0, 0.1) is 6.92 Å². The molecule has 9 heteroatoms. The fourth-order valence-electron chi connectivity index (χ4n) is 3.59. The van der Waals surface area contributed by atoms with Gasteiger partial charge in [-0.2, -0.15) is 0 Å². The number of hydrogen-bond donors (Lipinski definition) is 1. The molecule has 0 saturated heterocycles. The van der Waals surface area contributed by atoms with Gasteiger partial charge in [0.15, 0.2) is 11.0 Å². The number of nitrogens with one attached hydrogen (secondary N) is 1. The Balaban J connectivity index is 1.61. The van der Waals surface area contributed by atoms with Gasteiger partial charge in [-0.15, -0.1) is 16.8 Å². The lowest BCUT2D eigenvalue weighted by molar-refractivity contribution is -0.125. The first-order valence-electron chi connectivity index (χ1n) is 9.79. The van der Waals surface area contributed by atoms with Crippen molar-refractivity contribution >= 4 is 35.0 Å². The Hall–Kier alpha value is -3.33. The number of benzene rings is 1. The first kappa shape index (κ1) is 20.9. The van der Waals surface area contributed by atoms with E-state index in [0.717, 1.165) is 11.3 Å². The third-order valence-corrected chi connectivity index (χ3v) is 6.16. The average molecular weight is 438 g/mol. The lowest BCUT2D eigenvalue weighted by Crippen LogP contribution is -2.59. The molecule has 0 atom stereocenters. The quantitative estimate of drug-likeness (QED) is 0.465. The zero-order chi connectivity index (χ0) is 22.2. The highest BCUT2D eigenvalue weighted by Gasteiger charge is 2.43. The first-order chi connectivity index (χ1) is 14.8. The minimum atomic E-state index is -1.01. The second kappa shape index (κ2) is 8.07. The summed E-state index contributed by atoms with van der Waals surface area (Å²) >= 11 is 1.28. The van der Waals surface area contributed by atoms with Gasteiger partial charge in [-0.3, -0.25) is 19.1 Å². The van der Waals surface area contributed by atoms with Crippen molar-refractivity contribution in [3.63, 3.8) is 0 Å². The van der Waals surface area contributed by atoms with Gasteiger partial charge in [0.25, 0.3) is 0 Å². The molecule has 2 amide bonds. The third-order valence-electron chi connectivity index (χ3n) is 5.21. The molecule has 0 saturated carbocycles. The number of thioether (sulfide) groups is 1. The maximum absolute atomic E-state index is 13.3. The molecule has 1 aliphatic heterocycles. The number of amides is 2. The van der Waals surface area contributed by atoms with Crippen LogP contribution in [0.1, 0.15) is 19.6 Å². The predicted octanol–water partition coefficient (Wildman–Crippen LogP) is 3.89. The van der Waals surface area contributed by atoms with E-state index in [4.69, 9.17) is 4.42 Å². The van der Waals surface area contributed by atoms with E-state index in [1.807, 2.05) is 35.8 Å². The van der Waals surface area contributed by atoms with Crippen LogP contribution in [0.25, 0.3) is 11.4 Å². The van der Waals surface area contributed by atoms with Crippen LogP contribution in [0.2, 0.25) is 0 Å². The number of allylic oxidation sites excluding steroid dienone is 1. The van der Waals surface area contributed by atoms with Crippen molar-refractivity contribution in [1.29, 1.82) is 0 Å². The summed E-state index contributed by atoms with van der Waals surface area (Å²) in [5.41, 5.74) is 1.13. The molecule has 1 aromatic carbocycles. The first-order valence-corrected chi connectivity index (χ1v) is 10.8. The van der Waals surface area contributed by atoms with Crippen LogP contribution in [-0.2, 0) is 16.1 Å². The topological polar surface area (TPSA) is 93.3 Å². The van der Waals surface area contributed by atoms with Crippen molar-refractivity contribution < 1.29 is 14.0 Å². The van der Waals surface area contributed by atoms with E-state index in [2.05, 4.69) is 22.1 Å². The SMILES string of the molecule is C=CCn1c(SCC(=O)N2c3ccccc3NC(=O)C2(C)C)nnc1-c1ccoc1C. The average Bonchev–Trinajstić information content (AvgIpc) is 3.33. The highest BCUT2D eigenvalue weighted by molar-refractivity contribution is 7.99. The van der Waals surface area contributed by atoms with Gasteiger partial charge in [0.1, 0.15) is 11.3 Å². The number of carbonyl (C=O) groups is 2. The van der Waals surface area contributed by atoms with Gasteiger partial charge < -0.3 is 9.73 Å². The number of furan rings is 1. The van der Waals surface area contributed by atoms with E-state index in [0.29, 0.717) is 28.9 Å². The third kappa shape index (κ3) is 3.65. The van der Waals surface area contributed by atoms with Crippen molar-refractivity contribution in [1.82, 2.24) is 14.8 Å². The molecule has 4 rings (SSSR count). The lowest BCUT2D eigenvalue weighted by Gasteiger charge is -2.42. The van der Waals surface area contributed by atoms with Crippen LogP contribution in [0.15, 0.2) is 58.8 Å². The highest BCUT2D eigenvalue weighted by atomic mass is 32.2. The largest absolute Gasteiger partial charge is 0.469 e. The normalized spacial score (nSPS) is 14.8. The van der Waals surface area contributed by atoms with E-state index in [-0.39, 0.29) is 17.6 Å². The lowest BCUT2D eigenvalue weighted by atomic mass is 9.96. The van der Waals surface area contributed by atoms with Crippen LogP contribution in [0.4, 0.5) is 11.4 Å². The van der Waals surface area contributed by atoms with Crippen molar-refractivity contribution in [2.45, 2.75) is 38.0 Å². The fraction of sp³-hybridized carbons (Fsp3) is 0.273. The molecule has 0 aliphatic carbocycles. The number of aromatic nitrogens is 3. The van der Waals surface area contributed by atoms with Gasteiger partial charge in [0.2, 0.25) is 11.8 Å². The zero-order valence-electron chi connectivity index (χ0n) is 17.6. The molecule has 1 aliphatic rings. The second-order valence-corrected chi connectivity index (χ2v) is 8.59. The number of carbonyl (C=O) groups excluding carboxylic acids is 2. The molecule has 0 radical (unpaired) electrons. The number of nitrogens with zero attached hydrogens (tertiary/aromatic N) is 4. The maximum Gasteiger partial charge on any atom is 0.250 e. The summed E-state index contributed by atoms with van der Waals surface area (Å²) in [5, 5.41) is 12.0. The Bertz CT molecular complexity index is 1160. The van der Waals surface area contributed by atoms with Crippen LogP contribution in [0.3, 0.4) is 0 Å². The summed E-state index contributed by atoms with van der Waals surface area (Å²) in [4.78, 5) is 27.5. The number of fused-ring (bicyclic) bond motifs is 1. The number of para-hydroxylation sites is 2. The smallest absolute Gasteiger partial charge is 0.250 e. The van der Waals surface area contributed by atoms with Crippen molar-refractivity contribution in [2.24, 2.45) is 0 Å². The van der Waals surface area contributed by atoms with Crippen molar-refractivity contribution in [3.8, 4) is 11.4 Å². The summed E-state index contributed by atoms with van der Waals surface area (Å²) in [6.07, 6.45) is 3.36. The highest BCUT2D eigenvalue weighted by Crippen LogP contribution is 2.37. The van der Waals surface area contributed by atoms with Gasteiger partial charge >= 0.3 is 0 Å². The molecule has 0 fully saturated rings. The summed E-state index contributed by atoms with van der Waals surface area (Å²) in [7, 11) is 0. The Morgan fingerprint density at radius 3 is 2.77 bits per heavy atom. The number of rotatable bonds is 6. The molecule has 2 aromatic heterocycles. The minimum absolute atomic E-state index is 0.102. The Labute approximate surface area is 184 Å². The molecule has 1 N–H and O–H groups in total. The molecule has 160 valence electrons. The molecule has 31 heavy (non-hydrogen) atoms. The summed E-state index contributed by atoms with van der Waals surface area (Å²) < 4.78 is 7.29. The molecule has 0 spiro atoms. The van der Waals surface area contributed by atoms with Gasteiger partial charge in [0.05, 0.1) is 29.0 Å². The predicted molar refractivity (Wildman–Crippen MR) is 120 cm³/mol. The van der Waals surface area contributed by atoms with Gasteiger partial charge in [0, 0.05) is 6.54 Å². The number of anilines is 2. The second-order valence-electron chi connectivity index (χ2n) is 7.64. The standard InChI is InChI=1S/C22H23N5O3S/c1-5-11-26-19(15-10-12-30-14(15)2)24-25-21(26)31-13-18(28)27-17-9-7-6-8-16(17)23-20(29)22(27,3)4/h5-10,12H,1,11,13H2,2-4H3,(H,23,29). The Morgan fingerprint density at radius 1 is 1.29 bits per heavy atom. The van der Waals surface area contributed by atoms with Gasteiger partial charge in [-0.25, -0.2) is 0 Å². The number of hydrogen-bond acceptors (Lipinski definition) is 6. The van der Waals surface area contributed by atoms with E-state index >= 15 is 0 Å². The van der Waals surface area contributed by atoms with Crippen LogP contribution < -0.4 is 10.2 Å². The molecule has 3 heterocycles. The molecule has 0 bridgehead atoms. The molecule has 3 aromatic rings. The van der Waals surface area contributed by atoms with E-state index in [1.54, 1.807) is 37.2 Å². The minimum Gasteiger partial charge on any atom is -0.469 e. The van der Waals surface area contributed by atoms with E-state index in [9.17, 15) is 9.59 Å². The summed E-state index contributed by atoms with van der Waals surface area (Å²) in [6, 6.07) is 9.13. The van der Waals surface area contributed by atoms with Crippen LogP contribution in [-0.4, -0.2) is 37.9 Å². The van der Waals surface area contributed by atoms with Gasteiger partial charge in [-0.05, 0) is 39.0 Å².